The second-order valence-electron chi connectivity index (χ2n) is 5.51. The summed E-state index contributed by atoms with van der Waals surface area (Å²) in [5.74, 6) is 0.502. The van der Waals surface area contributed by atoms with Gasteiger partial charge in [-0.05, 0) is 44.2 Å². The predicted molar refractivity (Wildman–Crippen MR) is 96.2 cm³/mol. The van der Waals surface area contributed by atoms with Crippen LogP contribution in [0.4, 0.5) is 10.5 Å². The number of hydrogen-bond donors (Lipinski definition) is 3. The monoisotopic (exact) mass is 337 g/mol. The number of benzene rings is 2. The summed E-state index contributed by atoms with van der Waals surface area (Å²) in [5.41, 5.74) is 7.55. The topological polar surface area (TPSA) is 88.1 Å². The molecular formula is C18H19N5O2. The van der Waals surface area contributed by atoms with Crippen molar-refractivity contribution in [1.82, 2.24) is 20.4 Å². The maximum Gasteiger partial charge on any atom is 0.337 e. The van der Waals surface area contributed by atoms with Crippen LogP contribution in [0.15, 0.2) is 48.5 Å². The number of imidazole rings is 1. The van der Waals surface area contributed by atoms with Crippen LogP contribution in [-0.2, 0) is 6.54 Å². The maximum absolute atomic E-state index is 12.3. The van der Waals surface area contributed by atoms with Crippen molar-refractivity contribution in [2.75, 3.05) is 5.32 Å². The minimum atomic E-state index is -0.518. The second-order valence-corrected chi connectivity index (χ2v) is 5.51. The van der Waals surface area contributed by atoms with E-state index in [1.807, 2.05) is 36.6 Å². The van der Waals surface area contributed by atoms with E-state index in [0.29, 0.717) is 11.3 Å². The molecule has 0 radical (unpaired) electrons. The van der Waals surface area contributed by atoms with Crippen molar-refractivity contribution in [3.05, 3.63) is 59.9 Å². The SMILES string of the molecule is CCn1c(C)nc2ccc(C(=O)NNC(=O)Nc3ccccc3)cc21. The van der Waals surface area contributed by atoms with Crippen molar-refractivity contribution in [3.8, 4) is 0 Å². The standard InChI is InChI=1S/C18H19N5O2/c1-3-23-12(2)19-15-10-9-13(11-16(15)23)17(24)21-22-18(25)20-14-7-5-4-6-8-14/h4-11H,3H2,1-2H3,(H,21,24)(H2,20,22,25). The van der Waals surface area contributed by atoms with E-state index in [1.54, 1.807) is 30.3 Å². The first-order chi connectivity index (χ1) is 12.1. The van der Waals surface area contributed by atoms with Gasteiger partial charge < -0.3 is 9.88 Å². The first kappa shape index (κ1) is 16.5. The van der Waals surface area contributed by atoms with Crippen molar-refractivity contribution in [2.24, 2.45) is 0 Å². The molecule has 0 atom stereocenters. The number of para-hydroxylation sites is 1. The van der Waals surface area contributed by atoms with Crippen molar-refractivity contribution in [3.63, 3.8) is 0 Å². The summed E-state index contributed by atoms with van der Waals surface area (Å²) in [7, 11) is 0. The summed E-state index contributed by atoms with van der Waals surface area (Å²) in [4.78, 5) is 28.5. The van der Waals surface area contributed by atoms with Crippen LogP contribution in [0, 0.1) is 6.92 Å². The Balaban J connectivity index is 1.67. The van der Waals surface area contributed by atoms with Gasteiger partial charge in [-0.3, -0.25) is 10.2 Å². The zero-order valence-corrected chi connectivity index (χ0v) is 14.0. The lowest BCUT2D eigenvalue weighted by Gasteiger charge is -2.09. The van der Waals surface area contributed by atoms with Gasteiger partial charge in [0, 0.05) is 17.8 Å². The summed E-state index contributed by atoms with van der Waals surface area (Å²) in [6, 6.07) is 13.7. The number of hydrogen-bond acceptors (Lipinski definition) is 3. The second kappa shape index (κ2) is 7.04. The Morgan fingerprint density at radius 1 is 1.08 bits per heavy atom. The molecule has 0 saturated heterocycles. The summed E-state index contributed by atoms with van der Waals surface area (Å²) in [5, 5.41) is 2.62. The van der Waals surface area contributed by atoms with Gasteiger partial charge in [0.05, 0.1) is 11.0 Å². The average molecular weight is 337 g/mol. The third kappa shape index (κ3) is 3.60. The molecule has 0 aliphatic heterocycles. The van der Waals surface area contributed by atoms with Gasteiger partial charge in [0.15, 0.2) is 0 Å². The molecular weight excluding hydrogens is 318 g/mol. The lowest BCUT2D eigenvalue weighted by molar-refractivity contribution is 0.0938. The molecule has 1 heterocycles. The van der Waals surface area contributed by atoms with Gasteiger partial charge in [-0.1, -0.05) is 18.2 Å². The van der Waals surface area contributed by atoms with Crippen molar-refractivity contribution in [1.29, 1.82) is 0 Å². The number of anilines is 1. The minimum absolute atomic E-state index is 0.397. The predicted octanol–water partition coefficient (Wildman–Crippen LogP) is 2.83. The highest BCUT2D eigenvalue weighted by molar-refractivity contribution is 5.99. The molecule has 3 rings (SSSR count). The molecule has 0 fully saturated rings. The van der Waals surface area contributed by atoms with E-state index in [1.165, 1.54) is 0 Å². The first-order valence-electron chi connectivity index (χ1n) is 7.97. The molecule has 0 unspecified atom stereocenters. The third-order valence-electron chi connectivity index (χ3n) is 3.84. The number of nitrogens with one attached hydrogen (secondary N) is 3. The maximum atomic E-state index is 12.3. The Kier molecular flexibility index (Phi) is 4.65. The van der Waals surface area contributed by atoms with E-state index in [9.17, 15) is 9.59 Å². The van der Waals surface area contributed by atoms with E-state index >= 15 is 0 Å². The van der Waals surface area contributed by atoms with Crippen LogP contribution in [0.5, 0.6) is 0 Å². The molecule has 25 heavy (non-hydrogen) atoms. The fourth-order valence-electron chi connectivity index (χ4n) is 2.65. The fraction of sp³-hybridized carbons (Fsp3) is 0.167. The minimum Gasteiger partial charge on any atom is -0.328 e. The molecule has 7 nitrogen and oxygen atoms in total. The van der Waals surface area contributed by atoms with Gasteiger partial charge >= 0.3 is 6.03 Å². The molecule has 3 N–H and O–H groups in total. The van der Waals surface area contributed by atoms with Gasteiger partial charge in [0.25, 0.3) is 5.91 Å². The van der Waals surface area contributed by atoms with Gasteiger partial charge in [-0.2, -0.15) is 0 Å². The molecule has 3 amide bonds. The molecule has 0 aliphatic rings. The molecule has 1 aromatic heterocycles. The van der Waals surface area contributed by atoms with Crippen molar-refractivity contribution in [2.45, 2.75) is 20.4 Å². The van der Waals surface area contributed by atoms with Crippen LogP contribution in [0.2, 0.25) is 0 Å². The number of fused-ring (bicyclic) bond motifs is 1. The van der Waals surface area contributed by atoms with Crippen LogP contribution in [0.3, 0.4) is 0 Å². The third-order valence-corrected chi connectivity index (χ3v) is 3.84. The van der Waals surface area contributed by atoms with E-state index in [4.69, 9.17) is 0 Å². The molecule has 0 aliphatic carbocycles. The number of carbonyl (C=O) groups excluding carboxylic acids is 2. The highest BCUT2D eigenvalue weighted by Crippen LogP contribution is 2.17. The quantitative estimate of drug-likeness (QED) is 0.642. The molecule has 128 valence electrons. The Labute approximate surface area is 145 Å². The molecule has 0 bridgehead atoms. The van der Waals surface area contributed by atoms with Crippen LogP contribution in [0.1, 0.15) is 23.1 Å². The summed E-state index contributed by atoms with van der Waals surface area (Å²) >= 11 is 0. The molecule has 0 saturated carbocycles. The van der Waals surface area contributed by atoms with Crippen molar-refractivity contribution >= 4 is 28.7 Å². The molecule has 7 heteroatoms. The zero-order chi connectivity index (χ0) is 17.8. The van der Waals surface area contributed by atoms with Gasteiger partial charge in [0.2, 0.25) is 0 Å². The largest absolute Gasteiger partial charge is 0.337 e. The Morgan fingerprint density at radius 2 is 1.84 bits per heavy atom. The lowest BCUT2D eigenvalue weighted by atomic mass is 10.2. The number of urea groups is 1. The molecule has 3 aromatic rings. The van der Waals surface area contributed by atoms with E-state index in [-0.39, 0.29) is 0 Å². The van der Waals surface area contributed by atoms with Crippen molar-refractivity contribution < 1.29 is 9.59 Å². The summed E-state index contributed by atoms with van der Waals surface area (Å²) < 4.78 is 2.03. The van der Waals surface area contributed by atoms with Gasteiger partial charge in [0.1, 0.15) is 5.82 Å². The number of amides is 3. The van der Waals surface area contributed by atoms with Gasteiger partial charge in [-0.25, -0.2) is 15.2 Å². The Bertz CT molecular complexity index is 918. The highest BCUT2D eigenvalue weighted by atomic mass is 16.2. The van der Waals surface area contributed by atoms with Crippen LogP contribution < -0.4 is 16.2 Å². The van der Waals surface area contributed by atoms with Crippen LogP contribution in [-0.4, -0.2) is 21.5 Å². The lowest BCUT2D eigenvalue weighted by Crippen LogP contribution is -2.43. The number of aromatic nitrogens is 2. The highest BCUT2D eigenvalue weighted by Gasteiger charge is 2.11. The number of hydrazine groups is 1. The number of nitrogens with zero attached hydrogens (tertiary/aromatic N) is 2. The Morgan fingerprint density at radius 3 is 2.56 bits per heavy atom. The van der Waals surface area contributed by atoms with Gasteiger partial charge in [-0.15, -0.1) is 0 Å². The molecule has 2 aromatic carbocycles. The molecule has 0 spiro atoms. The smallest absolute Gasteiger partial charge is 0.328 e. The number of carbonyl (C=O) groups is 2. The van der Waals surface area contributed by atoms with Crippen LogP contribution in [0.25, 0.3) is 11.0 Å². The van der Waals surface area contributed by atoms with E-state index in [0.717, 1.165) is 23.4 Å². The summed E-state index contributed by atoms with van der Waals surface area (Å²) in [6.07, 6.45) is 0. The first-order valence-corrected chi connectivity index (χ1v) is 7.97. The number of aryl methyl sites for hydroxylation is 2. The summed E-state index contributed by atoms with van der Waals surface area (Å²) in [6.45, 7) is 4.72. The van der Waals surface area contributed by atoms with E-state index in [2.05, 4.69) is 21.2 Å². The normalized spacial score (nSPS) is 10.5. The van der Waals surface area contributed by atoms with E-state index < -0.39 is 11.9 Å². The Hall–Kier alpha value is -3.35. The van der Waals surface area contributed by atoms with Crippen LogP contribution >= 0.6 is 0 Å². The number of rotatable bonds is 3. The average Bonchev–Trinajstić information content (AvgIpc) is 2.94. The zero-order valence-electron chi connectivity index (χ0n) is 14.0. The fourth-order valence-corrected chi connectivity index (χ4v) is 2.65.